The van der Waals surface area contributed by atoms with Crippen molar-refractivity contribution in [2.75, 3.05) is 5.73 Å². The highest BCUT2D eigenvalue weighted by molar-refractivity contribution is 5.39. The Morgan fingerprint density at radius 2 is 2.25 bits per heavy atom. The van der Waals surface area contributed by atoms with E-state index in [2.05, 4.69) is 13.8 Å². The highest BCUT2D eigenvalue weighted by atomic mass is 16.4. The average molecular weight is 165 g/mol. The summed E-state index contributed by atoms with van der Waals surface area (Å²) < 4.78 is 5.42. The average Bonchev–Trinajstić information content (AvgIpc) is 2.30. The van der Waals surface area contributed by atoms with Gasteiger partial charge in [0, 0.05) is 18.1 Å². The Morgan fingerprint density at radius 3 is 2.92 bits per heavy atom. The van der Waals surface area contributed by atoms with Crippen molar-refractivity contribution in [2.45, 2.75) is 38.5 Å². The maximum absolute atomic E-state index is 5.61. The van der Waals surface area contributed by atoms with E-state index >= 15 is 0 Å². The normalized spacial score (nSPS) is 20.5. The van der Waals surface area contributed by atoms with Crippen LogP contribution in [0.1, 0.15) is 38.0 Å². The summed E-state index contributed by atoms with van der Waals surface area (Å²) >= 11 is 0. The van der Waals surface area contributed by atoms with E-state index in [9.17, 15) is 0 Å². The molecule has 2 nitrogen and oxygen atoms in total. The van der Waals surface area contributed by atoms with E-state index in [0.29, 0.717) is 5.88 Å². The topological polar surface area (TPSA) is 39.2 Å². The largest absolute Gasteiger partial charge is 0.446 e. The van der Waals surface area contributed by atoms with Gasteiger partial charge < -0.3 is 10.2 Å². The first-order valence-corrected chi connectivity index (χ1v) is 4.48. The Balaban J connectivity index is 2.51. The minimum Gasteiger partial charge on any atom is -0.446 e. The smallest absolute Gasteiger partial charge is 0.190 e. The predicted molar refractivity (Wildman–Crippen MR) is 49.1 cm³/mol. The van der Waals surface area contributed by atoms with Crippen molar-refractivity contribution in [3.05, 3.63) is 17.4 Å². The molecule has 1 aliphatic carbocycles. The number of furan rings is 1. The highest BCUT2D eigenvalue weighted by Crippen LogP contribution is 2.38. The third-order valence-electron chi connectivity index (χ3n) is 2.76. The van der Waals surface area contributed by atoms with E-state index in [1.807, 2.05) is 6.07 Å². The van der Waals surface area contributed by atoms with E-state index in [1.54, 1.807) is 0 Å². The summed E-state index contributed by atoms with van der Waals surface area (Å²) in [6.45, 7) is 4.50. The first kappa shape index (κ1) is 7.71. The second kappa shape index (κ2) is 2.28. The highest BCUT2D eigenvalue weighted by Gasteiger charge is 2.30. The van der Waals surface area contributed by atoms with Crippen LogP contribution in [0, 0.1) is 0 Å². The summed E-state index contributed by atoms with van der Waals surface area (Å²) in [6.07, 6.45) is 3.50. The molecule has 0 radical (unpaired) electrons. The third-order valence-corrected chi connectivity index (χ3v) is 2.76. The van der Waals surface area contributed by atoms with Crippen LogP contribution in [-0.2, 0) is 11.8 Å². The zero-order valence-corrected chi connectivity index (χ0v) is 7.68. The summed E-state index contributed by atoms with van der Waals surface area (Å²) in [4.78, 5) is 0. The zero-order valence-electron chi connectivity index (χ0n) is 7.68. The molecule has 0 saturated heterocycles. The van der Waals surface area contributed by atoms with Gasteiger partial charge in [-0.3, -0.25) is 0 Å². The number of nitrogens with two attached hydrogens (primary N) is 1. The molecule has 0 aromatic carbocycles. The van der Waals surface area contributed by atoms with Crippen molar-refractivity contribution in [1.82, 2.24) is 0 Å². The molecule has 0 atom stereocenters. The van der Waals surface area contributed by atoms with Crippen LogP contribution >= 0.6 is 0 Å². The Hall–Kier alpha value is -0.920. The van der Waals surface area contributed by atoms with Crippen LogP contribution < -0.4 is 5.73 Å². The number of hydrogen-bond donors (Lipinski definition) is 1. The van der Waals surface area contributed by atoms with Crippen LogP contribution in [-0.4, -0.2) is 0 Å². The van der Waals surface area contributed by atoms with Crippen LogP contribution in [0.15, 0.2) is 10.5 Å². The van der Waals surface area contributed by atoms with Crippen LogP contribution in [0.4, 0.5) is 5.88 Å². The molecule has 66 valence electrons. The van der Waals surface area contributed by atoms with Gasteiger partial charge in [-0.2, -0.15) is 0 Å². The van der Waals surface area contributed by atoms with Crippen LogP contribution in [0.3, 0.4) is 0 Å². The molecule has 0 fully saturated rings. The molecular weight excluding hydrogens is 150 g/mol. The van der Waals surface area contributed by atoms with Crippen molar-refractivity contribution >= 4 is 5.88 Å². The lowest BCUT2D eigenvalue weighted by Crippen LogP contribution is -2.22. The lowest BCUT2D eigenvalue weighted by Gasteiger charge is -2.28. The maximum Gasteiger partial charge on any atom is 0.190 e. The fourth-order valence-corrected chi connectivity index (χ4v) is 2.03. The molecule has 1 aliphatic rings. The van der Waals surface area contributed by atoms with Gasteiger partial charge in [0.2, 0.25) is 0 Å². The quantitative estimate of drug-likeness (QED) is 0.641. The Kier molecular flexibility index (Phi) is 1.47. The number of aryl methyl sites for hydroxylation is 1. The van der Waals surface area contributed by atoms with Gasteiger partial charge in [-0.1, -0.05) is 13.8 Å². The summed E-state index contributed by atoms with van der Waals surface area (Å²) in [7, 11) is 0. The third kappa shape index (κ3) is 1.02. The molecule has 0 aliphatic heterocycles. The van der Waals surface area contributed by atoms with Crippen LogP contribution in [0.25, 0.3) is 0 Å². The molecule has 12 heavy (non-hydrogen) atoms. The summed E-state index contributed by atoms with van der Waals surface area (Å²) in [5, 5.41) is 0. The molecule has 1 aromatic rings. The van der Waals surface area contributed by atoms with E-state index in [4.69, 9.17) is 10.2 Å². The number of hydrogen-bond acceptors (Lipinski definition) is 2. The Morgan fingerprint density at radius 1 is 1.50 bits per heavy atom. The Bertz CT molecular complexity index is 299. The number of anilines is 1. The van der Waals surface area contributed by atoms with Crippen molar-refractivity contribution < 1.29 is 4.42 Å². The predicted octanol–water partition coefficient (Wildman–Crippen LogP) is 2.48. The van der Waals surface area contributed by atoms with Gasteiger partial charge in [-0.05, 0) is 18.3 Å². The van der Waals surface area contributed by atoms with Crippen molar-refractivity contribution in [2.24, 2.45) is 0 Å². The van der Waals surface area contributed by atoms with Gasteiger partial charge >= 0.3 is 0 Å². The lowest BCUT2D eigenvalue weighted by atomic mass is 9.76. The van der Waals surface area contributed by atoms with Gasteiger partial charge in [-0.25, -0.2) is 0 Å². The second-order valence-corrected chi connectivity index (χ2v) is 4.22. The molecule has 0 bridgehead atoms. The molecule has 2 heteroatoms. The van der Waals surface area contributed by atoms with E-state index in [-0.39, 0.29) is 5.41 Å². The van der Waals surface area contributed by atoms with E-state index in [0.717, 1.165) is 12.2 Å². The fraction of sp³-hybridized carbons (Fsp3) is 0.600. The standard InChI is InChI=1S/C10H15NO/c1-10(2)5-3-4-8-7(10)6-9(11)12-8/h6H,3-5,11H2,1-2H3. The van der Waals surface area contributed by atoms with Gasteiger partial charge in [0.1, 0.15) is 5.76 Å². The Labute approximate surface area is 72.7 Å². The molecule has 0 amide bonds. The van der Waals surface area contributed by atoms with Crippen LogP contribution in [0.5, 0.6) is 0 Å². The minimum absolute atomic E-state index is 0.259. The first-order valence-electron chi connectivity index (χ1n) is 4.48. The number of nitrogen functional groups attached to an aromatic ring is 1. The zero-order chi connectivity index (χ0) is 8.77. The molecule has 1 aromatic heterocycles. The van der Waals surface area contributed by atoms with E-state index in [1.165, 1.54) is 18.4 Å². The van der Waals surface area contributed by atoms with Crippen molar-refractivity contribution in [1.29, 1.82) is 0 Å². The molecule has 0 spiro atoms. The molecule has 0 unspecified atom stereocenters. The molecule has 2 N–H and O–H groups in total. The molecule has 2 rings (SSSR count). The van der Waals surface area contributed by atoms with Gasteiger partial charge in [0.25, 0.3) is 0 Å². The monoisotopic (exact) mass is 165 g/mol. The summed E-state index contributed by atoms with van der Waals surface area (Å²) in [6, 6.07) is 1.98. The van der Waals surface area contributed by atoms with Gasteiger partial charge in [0.15, 0.2) is 5.88 Å². The maximum atomic E-state index is 5.61. The summed E-state index contributed by atoms with van der Waals surface area (Å²) in [5.74, 6) is 1.67. The van der Waals surface area contributed by atoms with Gasteiger partial charge in [0.05, 0.1) is 0 Å². The molecular formula is C10H15NO. The summed E-state index contributed by atoms with van der Waals surface area (Å²) in [5.41, 5.74) is 7.18. The molecule has 0 saturated carbocycles. The fourth-order valence-electron chi connectivity index (χ4n) is 2.03. The molecule has 1 heterocycles. The number of rotatable bonds is 0. The SMILES string of the molecule is CC1(C)CCCc2oc(N)cc21. The number of fused-ring (bicyclic) bond motifs is 1. The van der Waals surface area contributed by atoms with Crippen molar-refractivity contribution in [3.8, 4) is 0 Å². The van der Waals surface area contributed by atoms with Gasteiger partial charge in [-0.15, -0.1) is 0 Å². The minimum atomic E-state index is 0.259. The second-order valence-electron chi connectivity index (χ2n) is 4.22. The van der Waals surface area contributed by atoms with E-state index < -0.39 is 0 Å². The van der Waals surface area contributed by atoms with Crippen molar-refractivity contribution in [3.63, 3.8) is 0 Å². The van der Waals surface area contributed by atoms with Crippen LogP contribution in [0.2, 0.25) is 0 Å². The first-order chi connectivity index (χ1) is 5.59. The lowest BCUT2D eigenvalue weighted by molar-refractivity contribution is 0.391.